The summed E-state index contributed by atoms with van der Waals surface area (Å²) in [6.45, 7) is 7.33. The molecule has 0 radical (unpaired) electrons. The van der Waals surface area contributed by atoms with Gasteiger partial charge in [-0.2, -0.15) is 9.61 Å². The minimum atomic E-state index is -0.670. The highest BCUT2D eigenvalue weighted by molar-refractivity contribution is 6.04. The highest BCUT2D eigenvalue weighted by Gasteiger charge is 2.31. The third-order valence-electron chi connectivity index (χ3n) is 5.63. The summed E-state index contributed by atoms with van der Waals surface area (Å²) in [5.41, 5.74) is 1.49. The number of anilines is 2. The highest BCUT2D eigenvalue weighted by Crippen LogP contribution is 2.31. The molecule has 0 bridgehead atoms. The van der Waals surface area contributed by atoms with Crippen LogP contribution in [-0.4, -0.2) is 44.3 Å². The van der Waals surface area contributed by atoms with Gasteiger partial charge in [-0.05, 0) is 51.7 Å². The zero-order valence-electron chi connectivity index (χ0n) is 17.1. The van der Waals surface area contributed by atoms with Crippen LogP contribution < -0.4 is 10.2 Å². The molecule has 1 aliphatic heterocycles. The lowest BCUT2D eigenvalue weighted by molar-refractivity contribution is 0.00643. The van der Waals surface area contributed by atoms with E-state index in [4.69, 9.17) is 0 Å². The van der Waals surface area contributed by atoms with Gasteiger partial charge in [-0.1, -0.05) is 18.2 Å². The molecule has 3 heterocycles. The molecule has 2 N–H and O–H groups in total. The molecule has 2 aromatic heterocycles. The number of piperidine rings is 1. The van der Waals surface area contributed by atoms with E-state index in [1.165, 1.54) is 0 Å². The molecule has 1 fully saturated rings. The van der Waals surface area contributed by atoms with Gasteiger partial charge in [-0.3, -0.25) is 4.79 Å². The molecule has 1 aliphatic rings. The number of hydrogen-bond donors (Lipinski definition) is 2. The van der Waals surface area contributed by atoms with Gasteiger partial charge in [0.1, 0.15) is 11.6 Å². The van der Waals surface area contributed by atoms with E-state index in [1.54, 1.807) is 12.1 Å². The fraction of sp³-hybridized carbons (Fsp3) is 0.409. The Morgan fingerprint density at radius 3 is 2.52 bits per heavy atom. The van der Waals surface area contributed by atoms with Crippen molar-refractivity contribution in [1.82, 2.24) is 14.6 Å². The van der Waals surface area contributed by atoms with Gasteiger partial charge in [0.15, 0.2) is 5.65 Å². The molecule has 3 aromatic rings. The number of aromatic nitrogens is 3. The number of aryl methyl sites for hydroxylation is 1. The van der Waals surface area contributed by atoms with Crippen molar-refractivity contribution < 1.29 is 9.90 Å². The summed E-state index contributed by atoms with van der Waals surface area (Å²) in [4.78, 5) is 19.4. The summed E-state index contributed by atoms with van der Waals surface area (Å²) in [6.07, 6.45) is 1.80. The van der Waals surface area contributed by atoms with Gasteiger partial charge in [0.05, 0.1) is 11.3 Å². The number of nitrogens with zero attached hydrogens (tertiary/aromatic N) is 4. The summed E-state index contributed by atoms with van der Waals surface area (Å²) in [7, 11) is 0. The lowest BCUT2D eigenvalue weighted by Crippen LogP contribution is -2.42. The molecule has 0 spiro atoms. The number of carbonyl (C=O) groups excluding carboxylic acids is 1. The normalized spacial score (nSPS) is 15.7. The predicted molar refractivity (Wildman–Crippen MR) is 113 cm³/mol. The number of nitrogens with one attached hydrogen (secondary N) is 1. The maximum absolute atomic E-state index is 12.6. The third kappa shape index (κ3) is 4.10. The van der Waals surface area contributed by atoms with Crippen molar-refractivity contribution >= 4 is 23.2 Å². The van der Waals surface area contributed by atoms with E-state index in [2.05, 4.69) is 20.3 Å². The fourth-order valence-electron chi connectivity index (χ4n) is 3.96. The lowest BCUT2D eigenvalue weighted by Gasteiger charge is -2.38. The van der Waals surface area contributed by atoms with Crippen LogP contribution in [0.25, 0.3) is 5.65 Å². The van der Waals surface area contributed by atoms with Crippen LogP contribution in [-0.2, 0) is 0 Å². The minimum absolute atomic E-state index is 0.189. The zero-order chi connectivity index (χ0) is 20.6. The molecule has 1 aromatic carbocycles. The summed E-state index contributed by atoms with van der Waals surface area (Å²) < 4.78 is 1.83. The van der Waals surface area contributed by atoms with E-state index in [-0.39, 0.29) is 11.8 Å². The van der Waals surface area contributed by atoms with Crippen molar-refractivity contribution in [3.8, 4) is 0 Å². The standard InChI is InChI=1S/C22H27N5O2/c1-15-13-19-23-18(24-21(28)16-7-5-4-6-8-16)14-20(27(19)25-15)26-11-9-17(10-12-26)22(2,3)29/h4-8,13-14,17,29H,9-12H2,1-3H3,(H,23,24,28). The first-order valence-corrected chi connectivity index (χ1v) is 10.0. The summed E-state index contributed by atoms with van der Waals surface area (Å²) in [5.74, 6) is 1.49. The monoisotopic (exact) mass is 393 g/mol. The molecular formula is C22H27N5O2. The van der Waals surface area contributed by atoms with Crippen molar-refractivity contribution in [2.75, 3.05) is 23.3 Å². The molecule has 4 rings (SSSR count). The number of rotatable bonds is 4. The first-order chi connectivity index (χ1) is 13.8. The molecule has 0 unspecified atom stereocenters. The number of aliphatic hydroxyl groups is 1. The SMILES string of the molecule is Cc1cc2nc(NC(=O)c3ccccc3)cc(N3CCC(C(C)(C)O)CC3)n2n1. The summed E-state index contributed by atoms with van der Waals surface area (Å²) >= 11 is 0. The Morgan fingerprint density at radius 2 is 1.86 bits per heavy atom. The molecule has 29 heavy (non-hydrogen) atoms. The van der Waals surface area contributed by atoms with Crippen molar-refractivity contribution in [1.29, 1.82) is 0 Å². The number of amides is 1. The average Bonchev–Trinajstić information content (AvgIpc) is 3.07. The van der Waals surface area contributed by atoms with Crippen LogP contribution in [0.2, 0.25) is 0 Å². The van der Waals surface area contributed by atoms with Gasteiger partial charge in [-0.25, -0.2) is 4.98 Å². The topological polar surface area (TPSA) is 82.8 Å². The molecule has 1 saturated heterocycles. The Bertz CT molecular complexity index is 1010. The molecule has 0 atom stereocenters. The number of carbonyl (C=O) groups is 1. The maximum atomic E-state index is 12.6. The average molecular weight is 393 g/mol. The van der Waals surface area contributed by atoms with E-state index >= 15 is 0 Å². The van der Waals surface area contributed by atoms with Crippen LogP contribution in [0.4, 0.5) is 11.6 Å². The molecule has 7 heteroatoms. The Labute approximate surface area is 170 Å². The van der Waals surface area contributed by atoms with E-state index in [9.17, 15) is 9.90 Å². The zero-order valence-corrected chi connectivity index (χ0v) is 17.1. The van der Waals surface area contributed by atoms with Crippen LogP contribution >= 0.6 is 0 Å². The van der Waals surface area contributed by atoms with Crippen LogP contribution in [0.1, 0.15) is 42.7 Å². The van der Waals surface area contributed by atoms with Crippen molar-refractivity contribution in [3.63, 3.8) is 0 Å². The van der Waals surface area contributed by atoms with Gasteiger partial charge in [0.25, 0.3) is 5.91 Å². The quantitative estimate of drug-likeness (QED) is 0.711. The maximum Gasteiger partial charge on any atom is 0.256 e. The van der Waals surface area contributed by atoms with E-state index in [0.717, 1.165) is 37.4 Å². The summed E-state index contributed by atoms with van der Waals surface area (Å²) in [5, 5.41) is 17.8. The fourth-order valence-corrected chi connectivity index (χ4v) is 3.96. The van der Waals surface area contributed by atoms with Gasteiger partial charge < -0.3 is 15.3 Å². The van der Waals surface area contributed by atoms with E-state index < -0.39 is 5.60 Å². The number of fused-ring (bicyclic) bond motifs is 1. The van der Waals surface area contributed by atoms with Crippen molar-refractivity contribution in [3.05, 3.63) is 53.7 Å². The second-order valence-electron chi connectivity index (χ2n) is 8.29. The number of benzene rings is 1. The van der Waals surface area contributed by atoms with Crippen molar-refractivity contribution in [2.45, 2.75) is 39.2 Å². The Kier molecular flexibility index (Phi) is 5.00. The van der Waals surface area contributed by atoms with Gasteiger partial charge in [0, 0.05) is 30.8 Å². The third-order valence-corrected chi connectivity index (χ3v) is 5.63. The van der Waals surface area contributed by atoms with Crippen LogP contribution in [0.15, 0.2) is 42.5 Å². The van der Waals surface area contributed by atoms with Crippen LogP contribution in [0.5, 0.6) is 0 Å². The van der Waals surface area contributed by atoms with E-state index in [1.807, 2.05) is 55.6 Å². The van der Waals surface area contributed by atoms with Gasteiger partial charge in [-0.15, -0.1) is 0 Å². The summed E-state index contributed by atoms with van der Waals surface area (Å²) in [6, 6.07) is 12.9. The lowest BCUT2D eigenvalue weighted by atomic mass is 9.83. The van der Waals surface area contributed by atoms with Crippen molar-refractivity contribution in [2.24, 2.45) is 5.92 Å². The molecule has 1 amide bonds. The molecule has 0 aliphatic carbocycles. The second-order valence-corrected chi connectivity index (χ2v) is 8.29. The Hall–Kier alpha value is -2.93. The van der Waals surface area contributed by atoms with Gasteiger partial charge in [0.2, 0.25) is 0 Å². The number of hydrogen-bond acceptors (Lipinski definition) is 5. The largest absolute Gasteiger partial charge is 0.390 e. The highest BCUT2D eigenvalue weighted by atomic mass is 16.3. The van der Waals surface area contributed by atoms with Crippen LogP contribution in [0, 0.1) is 12.8 Å². The molecular weight excluding hydrogens is 366 g/mol. The molecule has 152 valence electrons. The van der Waals surface area contributed by atoms with E-state index in [0.29, 0.717) is 17.0 Å². The first kappa shape index (κ1) is 19.4. The van der Waals surface area contributed by atoms with Crippen LogP contribution in [0.3, 0.4) is 0 Å². The van der Waals surface area contributed by atoms with Gasteiger partial charge >= 0.3 is 0 Å². The predicted octanol–water partition coefficient (Wildman–Crippen LogP) is 3.28. The Balaban J connectivity index is 1.62. The Morgan fingerprint density at radius 1 is 1.17 bits per heavy atom. The first-order valence-electron chi connectivity index (χ1n) is 10.0. The molecule has 7 nitrogen and oxygen atoms in total. The molecule has 0 saturated carbocycles. The minimum Gasteiger partial charge on any atom is -0.390 e. The second kappa shape index (κ2) is 7.48. The smallest absolute Gasteiger partial charge is 0.256 e.